The Hall–Kier alpha value is -2.98. The molecule has 0 aliphatic carbocycles. The van der Waals surface area contributed by atoms with E-state index < -0.39 is 14.8 Å². The molecule has 10 heteroatoms. The third-order valence-electron chi connectivity index (χ3n) is 4.68. The lowest BCUT2D eigenvalue weighted by atomic mass is 10.1. The van der Waals surface area contributed by atoms with Gasteiger partial charge in [-0.2, -0.15) is 0 Å². The number of benzene rings is 2. The smallest absolute Gasteiger partial charge is 0.274 e. The van der Waals surface area contributed by atoms with Crippen LogP contribution in [0.3, 0.4) is 0 Å². The Morgan fingerprint density at radius 1 is 1.19 bits per heavy atom. The second-order valence-corrected chi connectivity index (χ2v) is 9.27. The maximum absolute atomic E-state index is 12.2. The average molecular weight is 450 g/mol. The van der Waals surface area contributed by atoms with Gasteiger partial charge in [-0.05, 0) is 44.7 Å². The number of nitrogens with zero attached hydrogens (tertiary/aromatic N) is 2. The number of amides is 1. The molecule has 2 aromatic rings. The highest BCUT2D eigenvalue weighted by Gasteiger charge is 2.15. The fourth-order valence-corrected chi connectivity index (χ4v) is 3.55. The summed E-state index contributed by atoms with van der Waals surface area (Å²) >= 11 is 0. The summed E-state index contributed by atoms with van der Waals surface area (Å²) in [5.41, 5.74) is 0.829. The van der Waals surface area contributed by atoms with Crippen molar-refractivity contribution in [2.45, 2.75) is 24.7 Å². The molecule has 168 valence electrons. The zero-order chi connectivity index (χ0) is 23.0. The summed E-state index contributed by atoms with van der Waals surface area (Å²) in [6, 6.07) is 10.9. The van der Waals surface area contributed by atoms with Crippen LogP contribution in [0, 0.1) is 17.0 Å². The van der Waals surface area contributed by atoms with Gasteiger partial charge in [0, 0.05) is 31.8 Å². The van der Waals surface area contributed by atoms with Crippen LogP contribution in [0.15, 0.2) is 47.4 Å². The summed E-state index contributed by atoms with van der Waals surface area (Å²) in [7, 11) is -1.39. The van der Waals surface area contributed by atoms with Crippen molar-refractivity contribution in [2.75, 3.05) is 38.3 Å². The maximum atomic E-state index is 12.2. The number of ether oxygens (including phenoxy) is 1. The van der Waals surface area contributed by atoms with Crippen molar-refractivity contribution in [2.24, 2.45) is 0 Å². The topological polar surface area (TPSA) is 119 Å². The molecule has 0 aromatic heterocycles. The van der Waals surface area contributed by atoms with Crippen LogP contribution < -0.4 is 10.1 Å². The summed E-state index contributed by atoms with van der Waals surface area (Å²) < 4.78 is 28.8. The van der Waals surface area contributed by atoms with E-state index in [0.717, 1.165) is 6.26 Å². The number of anilines is 1. The van der Waals surface area contributed by atoms with Crippen molar-refractivity contribution in [3.63, 3.8) is 0 Å². The molecule has 31 heavy (non-hydrogen) atoms. The average Bonchev–Trinajstić information content (AvgIpc) is 2.70. The van der Waals surface area contributed by atoms with Gasteiger partial charge in [0.2, 0.25) is 5.91 Å². The van der Waals surface area contributed by atoms with Gasteiger partial charge in [0.1, 0.15) is 5.75 Å². The first-order chi connectivity index (χ1) is 14.6. The fraction of sp³-hybridized carbons (Fsp3) is 0.381. The van der Waals surface area contributed by atoms with Crippen LogP contribution in [0.4, 0.5) is 11.4 Å². The van der Waals surface area contributed by atoms with Crippen molar-refractivity contribution in [1.29, 1.82) is 0 Å². The van der Waals surface area contributed by atoms with Crippen molar-refractivity contribution in [3.05, 3.63) is 58.1 Å². The number of nitro benzene ring substituents is 1. The third-order valence-corrected chi connectivity index (χ3v) is 5.79. The highest BCUT2D eigenvalue weighted by atomic mass is 32.2. The molecule has 0 radical (unpaired) electrons. The molecular weight excluding hydrogens is 422 g/mol. The first kappa shape index (κ1) is 24.3. The van der Waals surface area contributed by atoms with Crippen LogP contribution >= 0.6 is 0 Å². The number of hydrogen-bond acceptors (Lipinski definition) is 7. The minimum absolute atomic E-state index is 0.0306. The van der Waals surface area contributed by atoms with E-state index in [1.807, 2.05) is 11.9 Å². The zero-order valence-corrected chi connectivity index (χ0v) is 18.6. The highest BCUT2D eigenvalue weighted by molar-refractivity contribution is 7.90. The minimum Gasteiger partial charge on any atom is -0.494 e. The molecule has 1 amide bonds. The Morgan fingerprint density at radius 2 is 1.90 bits per heavy atom. The van der Waals surface area contributed by atoms with Gasteiger partial charge >= 0.3 is 0 Å². The van der Waals surface area contributed by atoms with Crippen LogP contribution in [0.2, 0.25) is 0 Å². The SMILES string of the molecule is Cc1c(NC(=O)CCN(C)CCCOc2cccc(S(C)(=O)=O)c2)cccc1[N+](=O)[O-]. The lowest BCUT2D eigenvalue weighted by molar-refractivity contribution is -0.385. The molecule has 0 atom stereocenters. The van der Waals surface area contributed by atoms with Gasteiger partial charge in [0.05, 0.1) is 27.7 Å². The predicted octanol–water partition coefficient (Wildman–Crippen LogP) is 3.04. The predicted molar refractivity (Wildman–Crippen MR) is 118 cm³/mol. The summed E-state index contributed by atoms with van der Waals surface area (Å²) in [5.74, 6) is 0.279. The molecule has 0 saturated carbocycles. The number of nitrogens with one attached hydrogen (secondary N) is 1. The molecular formula is C21H27N3O6S. The second-order valence-electron chi connectivity index (χ2n) is 7.26. The van der Waals surface area contributed by atoms with Gasteiger partial charge in [-0.25, -0.2) is 8.42 Å². The normalized spacial score (nSPS) is 11.4. The van der Waals surface area contributed by atoms with Crippen molar-refractivity contribution < 1.29 is 22.9 Å². The molecule has 2 aromatic carbocycles. The summed E-state index contributed by atoms with van der Waals surface area (Å²) in [6.07, 6.45) is 2.10. The van der Waals surface area contributed by atoms with E-state index in [0.29, 0.717) is 43.1 Å². The molecule has 9 nitrogen and oxygen atoms in total. The second kappa shape index (κ2) is 10.9. The van der Waals surface area contributed by atoms with E-state index in [1.165, 1.54) is 18.2 Å². The van der Waals surface area contributed by atoms with E-state index in [9.17, 15) is 23.3 Å². The number of nitro groups is 1. The van der Waals surface area contributed by atoms with Crippen molar-refractivity contribution in [3.8, 4) is 5.75 Å². The number of rotatable bonds is 11. The molecule has 0 saturated heterocycles. The quantitative estimate of drug-likeness (QED) is 0.318. The zero-order valence-electron chi connectivity index (χ0n) is 17.8. The summed E-state index contributed by atoms with van der Waals surface area (Å²) in [5, 5.41) is 13.7. The van der Waals surface area contributed by atoms with Crippen LogP contribution in [0.1, 0.15) is 18.4 Å². The van der Waals surface area contributed by atoms with Crippen molar-refractivity contribution >= 4 is 27.1 Å². The Labute approximate surface area is 182 Å². The van der Waals surface area contributed by atoms with E-state index in [-0.39, 0.29) is 22.9 Å². The molecule has 0 spiro atoms. The Morgan fingerprint density at radius 3 is 2.58 bits per heavy atom. The largest absolute Gasteiger partial charge is 0.494 e. The van der Waals surface area contributed by atoms with Gasteiger partial charge in [-0.15, -0.1) is 0 Å². The first-order valence-corrected chi connectivity index (χ1v) is 11.6. The number of sulfone groups is 1. The summed E-state index contributed by atoms with van der Waals surface area (Å²) in [4.78, 5) is 24.9. The Balaban J connectivity index is 1.73. The molecule has 1 N–H and O–H groups in total. The third kappa shape index (κ3) is 7.65. The number of hydrogen-bond donors (Lipinski definition) is 1. The van der Waals surface area contributed by atoms with E-state index in [1.54, 1.807) is 31.2 Å². The molecule has 0 bridgehead atoms. The monoisotopic (exact) mass is 449 g/mol. The summed E-state index contributed by atoms with van der Waals surface area (Å²) in [6.45, 7) is 3.22. The minimum atomic E-state index is -3.28. The maximum Gasteiger partial charge on any atom is 0.274 e. The lowest BCUT2D eigenvalue weighted by Gasteiger charge is -2.17. The molecule has 0 aliphatic rings. The van der Waals surface area contributed by atoms with Gasteiger partial charge < -0.3 is 15.0 Å². The molecule has 0 aliphatic heterocycles. The van der Waals surface area contributed by atoms with Crippen LogP contribution in [-0.4, -0.2) is 57.1 Å². The van der Waals surface area contributed by atoms with Gasteiger partial charge in [-0.1, -0.05) is 12.1 Å². The van der Waals surface area contributed by atoms with Crippen LogP contribution in [0.25, 0.3) is 0 Å². The van der Waals surface area contributed by atoms with Crippen LogP contribution in [-0.2, 0) is 14.6 Å². The highest BCUT2D eigenvalue weighted by Crippen LogP contribution is 2.25. The van der Waals surface area contributed by atoms with E-state index in [4.69, 9.17) is 4.74 Å². The molecule has 2 rings (SSSR count). The number of carbonyl (C=O) groups is 1. The number of carbonyl (C=O) groups excluding carboxylic acids is 1. The first-order valence-electron chi connectivity index (χ1n) is 9.73. The van der Waals surface area contributed by atoms with E-state index in [2.05, 4.69) is 5.32 Å². The molecule has 0 heterocycles. The fourth-order valence-electron chi connectivity index (χ4n) is 2.89. The van der Waals surface area contributed by atoms with Gasteiger partial charge in [-0.3, -0.25) is 14.9 Å². The van der Waals surface area contributed by atoms with Gasteiger partial charge in [0.15, 0.2) is 9.84 Å². The Kier molecular flexibility index (Phi) is 8.52. The van der Waals surface area contributed by atoms with Gasteiger partial charge in [0.25, 0.3) is 5.69 Å². The standard InChI is InChI=1S/C21H27N3O6S/c1-16-19(9-5-10-20(16)24(26)27)22-21(25)11-13-23(2)12-6-14-30-17-7-4-8-18(15-17)31(3,28)29/h4-5,7-10,15H,6,11-14H2,1-3H3,(H,22,25). The molecule has 0 fully saturated rings. The van der Waals surface area contributed by atoms with Crippen LogP contribution in [0.5, 0.6) is 5.75 Å². The Bertz CT molecular complexity index is 1040. The van der Waals surface area contributed by atoms with E-state index >= 15 is 0 Å². The lowest BCUT2D eigenvalue weighted by Crippen LogP contribution is -2.26. The van der Waals surface area contributed by atoms with Crippen molar-refractivity contribution in [1.82, 2.24) is 4.90 Å². The molecule has 0 unspecified atom stereocenters.